The molecular formula is C37H60O3Si. The van der Waals surface area contributed by atoms with Crippen LogP contribution in [0.1, 0.15) is 136 Å². The molecule has 4 heteroatoms. The van der Waals surface area contributed by atoms with Gasteiger partial charge in [0.1, 0.15) is 0 Å². The fourth-order valence-corrected chi connectivity index (χ4v) is 10.7. The maximum atomic E-state index is 11.1. The van der Waals surface area contributed by atoms with Crippen LogP contribution in [0.3, 0.4) is 0 Å². The van der Waals surface area contributed by atoms with Crippen LogP contribution in [0.2, 0.25) is 5.04 Å². The van der Waals surface area contributed by atoms with Gasteiger partial charge >= 0.3 is 5.97 Å². The SMILES string of the molecule is COC(=O)CCCCCCCCCCCCCCCCCCCO[Si](c1ccccc1)(c1ccccc1)C(C)(C)C. The lowest BCUT2D eigenvalue weighted by Crippen LogP contribution is -2.66. The lowest BCUT2D eigenvalue weighted by molar-refractivity contribution is -0.140. The van der Waals surface area contributed by atoms with E-state index in [1.54, 1.807) is 0 Å². The van der Waals surface area contributed by atoms with Crippen LogP contribution >= 0.6 is 0 Å². The molecule has 0 aromatic heterocycles. The predicted molar refractivity (Wildman–Crippen MR) is 179 cm³/mol. The quantitative estimate of drug-likeness (QED) is 0.0745. The van der Waals surface area contributed by atoms with Crippen molar-refractivity contribution in [3.05, 3.63) is 60.7 Å². The molecule has 0 N–H and O–H groups in total. The predicted octanol–water partition coefficient (Wildman–Crippen LogP) is 9.76. The number of carbonyl (C=O) groups is 1. The second-order valence-corrected chi connectivity index (χ2v) is 17.2. The summed E-state index contributed by atoms with van der Waals surface area (Å²) in [6.45, 7) is 7.93. The van der Waals surface area contributed by atoms with Crippen LogP contribution in [0.15, 0.2) is 60.7 Å². The third-order valence-corrected chi connectivity index (χ3v) is 13.5. The number of esters is 1. The van der Waals surface area contributed by atoms with Crippen LogP contribution in [0.4, 0.5) is 0 Å². The standard InChI is InChI=1S/C37H60O3Si/c1-37(2,3)41(34-28-22-20-23-29-34,35-30-24-21-25-31-35)40-33-27-19-17-15-13-11-9-7-5-6-8-10-12-14-16-18-26-32-36(38)39-4/h20-25,28-31H,5-19,26-27,32-33H2,1-4H3. The lowest BCUT2D eigenvalue weighted by Gasteiger charge is -2.43. The third kappa shape index (κ3) is 13.3. The Morgan fingerprint density at radius 3 is 1.24 bits per heavy atom. The van der Waals surface area contributed by atoms with Crippen LogP contribution in [0, 0.1) is 0 Å². The Kier molecular flexibility index (Phi) is 18.0. The molecule has 0 bridgehead atoms. The Morgan fingerprint density at radius 1 is 0.561 bits per heavy atom. The second kappa shape index (κ2) is 20.9. The number of carbonyl (C=O) groups excluding carboxylic acids is 1. The summed E-state index contributed by atoms with van der Waals surface area (Å²) < 4.78 is 11.7. The van der Waals surface area contributed by atoms with E-state index in [1.165, 1.54) is 107 Å². The van der Waals surface area contributed by atoms with Gasteiger partial charge in [0.15, 0.2) is 0 Å². The number of rotatable bonds is 23. The molecule has 0 spiro atoms. The smallest absolute Gasteiger partial charge is 0.305 e. The zero-order valence-electron chi connectivity index (χ0n) is 26.9. The van der Waals surface area contributed by atoms with Crippen molar-refractivity contribution in [2.45, 2.75) is 141 Å². The fourth-order valence-electron chi connectivity index (χ4n) is 6.11. The van der Waals surface area contributed by atoms with E-state index < -0.39 is 8.32 Å². The van der Waals surface area contributed by atoms with E-state index in [4.69, 9.17) is 4.43 Å². The van der Waals surface area contributed by atoms with Gasteiger partial charge in [0.2, 0.25) is 0 Å². The molecule has 0 aliphatic rings. The molecule has 0 unspecified atom stereocenters. The molecule has 0 saturated heterocycles. The second-order valence-electron chi connectivity index (χ2n) is 12.8. The maximum absolute atomic E-state index is 11.1. The van der Waals surface area contributed by atoms with Gasteiger partial charge < -0.3 is 9.16 Å². The van der Waals surface area contributed by atoms with Crippen molar-refractivity contribution >= 4 is 24.7 Å². The highest BCUT2D eigenvalue weighted by atomic mass is 28.4. The first-order valence-electron chi connectivity index (χ1n) is 16.7. The van der Waals surface area contributed by atoms with Crippen LogP contribution < -0.4 is 10.4 Å². The Hall–Kier alpha value is -1.91. The van der Waals surface area contributed by atoms with E-state index in [-0.39, 0.29) is 11.0 Å². The number of ether oxygens (including phenoxy) is 1. The first-order valence-corrected chi connectivity index (χ1v) is 18.6. The number of methoxy groups -OCH3 is 1. The normalized spacial score (nSPS) is 12.0. The van der Waals surface area contributed by atoms with Crippen LogP contribution in [-0.4, -0.2) is 28.0 Å². The molecule has 0 aliphatic carbocycles. The van der Waals surface area contributed by atoms with Crippen LogP contribution in [-0.2, 0) is 14.0 Å². The molecule has 3 nitrogen and oxygen atoms in total. The fraction of sp³-hybridized carbons (Fsp3) is 0.649. The highest BCUT2D eigenvalue weighted by molar-refractivity contribution is 6.99. The summed E-state index contributed by atoms with van der Waals surface area (Å²) in [7, 11) is -0.909. The van der Waals surface area contributed by atoms with Crippen molar-refractivity contribution in [1.29, 1.82) is 0 Å². The van der Waals surface area contributed by atoms with E-state index in [0.717, 1.165) is 25.9 Å². The van der Waals surface area contributed by atoms with E-state index in [9.17, 15) is 4.79 Å². The molecule has 2 rings (SSSR count). The van der Waals surface area contributed by atoms with Crippen molar-refractivity contribution in [2.24, 2.45) is 0 Å². The van der Waals surface area contributed by atoms with Gasteiger partial charge in [0, 0.05) is 13.0 Å². The van der Waals surface area contributed by atoms with Crippen molar-refractivity contribution < 1.29 is 14.0 Å². The summed E-state index contributed by atoms with van der Waals surface area (Å²) in [5, 5.41) is 2.81. The van der Waals surface area contributed by atoms with Gasteiger partial charge in [0.05, 0.1) is 7.11 Å². The molecule has 2 aromatic rings. The molecule has 41 heavy (non-hydrogen) atoms. The van der Waals surface area contributed by atoms with E-state index >= 15 is 0 Å². The summed E-state index contributed by atoms with van der Waals surface area (Å²) in [5.74, 6) is -0.0712. The summed E-state index contributed by atoms with van der Waals surface area (Å²) in [5.41, 5.74) is 0. The molecule has 2 aromatic carbocycles. The minimum absolute atomic E-state index is 0.0589. The Labute approximate surface area is 254 Å². The Morgan fingerprint density at radius 2 is 0.902 bits per heavy atom. The summed E-state index contributed by atoms with van der Waals surface area (Å²) >= 11 is 0. The van der Waals surface area contributed by atoms with Gasteiger partial charge in [-0.15, -0.1) is 0 Å². The molecule has 0 atom stereocenters. The highest BCUT2D eigenvalue weighted by Gasteiger charge is 2.49. The molecule has 0 fully saturated rings. The summed E-state index contributed by atoms with van der Waals surface area (Å²) in [4.78, 5) is 11.1. The zero-order valence-corrected chi connectivity index (χ0v) is 27.9. The molecule has 0 heterocycles. The third-order valence-electron chi connectivity index (χ3n) is 8.49. The molecule has 0 saturated carbocycles. The van der Waals surface area contributed by atoms with Gasteiger partial charge in [-0.05, 0) is 28.3 Å². The molecule has 0 amide bonds. The average Bonchev–Trinajstić information content (AvgIpc) is 2.98. The van der Waals surface area contributed by atoms with Crippen molar-refractivity contribution in [1.82, 2.24) is 0 Å². The van der Waals surface area contributed by atoms with Gasteiger partial charge in [-0.3, -0.25) is 4.79 Å². The number of benzene rings is 2. The number of hydrogen-bond acceptors (Lipinski definition) is 3. The topological polar surface area (TPSA) is 35.5 Å². The van der Waals surface area contributed by atoms with Gasteiger partial charge in [0.25, 0.3) is 8.32 Å². The first kappa shape index (κ1) is 35.3. The minimum atomic E-state index is -2.38. The number of hydrogen-bond donors (Lipinski definition) is 0. The van der Waals surface area contributed by atoms with Gasteiger partial charge in [-0.25, -0.2) is 0 Å². The van der Waals surface area contributed by atoms with Crippen LogP contribution in [0.5, 0.6) is 0 Å². The van der Waals surface area contributed by atoms with Crippen molar-refractivity contribution in [3.63, 3.8) is 0 Å². The zero-order chi connectivity index (χ0) is 29.7. The van der Waals surface area contributed by atoms with E-state index in [0.29, 0.717) is 6.42 Å². The van der Waals surface area contributed by atoms with Gasteiger partial charge in [-0.2, -0.15) is 0 Å². The van der Waals surface area contributed by atoms with Crippen molar-refractivity contribution in [2.75, 3.05) is 13.7 Å². The monoisotopic (exact) mass is 580 g/mol. The lowest BCUT2D eigenvalue weighted by atomic mass is 10.0. The molecule has 0 aliphatic heterocycles. The number of unbranched alkanes of at least 4 members (excludes halogenated alkanes) is 16. The maximum Gasteiger partial charge on any atom is 0.305 e. The molecule has 0 radical (unpaired) electrons. The average molecular weight is 581 g/mol. The minimum Gasteiger partial charge on any atom is -0.469 e. The largest absolute Gasteiger partial charge is 0.469 e. The van der Waals surface area contributed by atoms with Crippen molar-refractivity contribution in [3.8, 4) is 0 Å². The van der Waals surface area contributed by atoms with E-state index in [2.05, 4.69) is 86.2 Å². The first-order chi connectivity index (χ1) is 19.9. The summed E-state index contributed by atoms with van der Waals surface area (Å²) in [6.07, 6.45) is 22.9. The Bertz CT molecular complexity index is 867. The van der Waals surface area contributed by atoms with Gasteiger partial charge in [-0.1, -0.05) is 178 Å². The molecular weight excluding hydrogens is 520 g/mol. The van der Waals surface area contributed by atoms with E-state index in [1.807, 2.05) is 0 Å². The summed E-state index contributed by atoms with van der Waals surface area (Å²) in [6, 6.07) is 22.0. The molecule has 230 valence electrons. The van der Waals surface area contributed by atoms with Crippen LogP contribution in [0.25, 0.3) is 0 Å². The Balaban J connectivity index is 1.51. The highest BCUT2D eigenvalue weighted by Crippen LogP contribution is 2.36.